The van der Waals surface area contributed by atoms with Crippen LogP contribution in [0.25, 0.3) is 0 Å². The monoisotopic (exact) mass is 414 g/mol. The third kappa shape index (κ3) is 5.73. The summed E-state index contributed by atoms with van der Waals surface area (Å²) in [6, 6.07) is 13.5. The molecule has 0 aliphatic carbocycles. The minimum atomic E-state index is -0.241. The van der Waals surface area contributed by atoms with Crippen molar-refractivity contribution >= 4 is 47.8 Å². The van der Waals surface area contributed by atoms with Crippen LogP contribution in [0.5, 0.6) is 0 Å². The van der Waals surface area contributed by atoms with Gasteiger partial charge in [0.1, 0.15) is 5.82 Å². The molecular formula is C19H25Cl2FN4O. The van der Waals surface area contributed by atoms with Crippen molar-refractivity contribution in [2.45, 2.75) is 13.0 Å². The topological polar surface area (TPSA) is 61.6 Å². The first kappa shape index (κ1) is 23.0. The van der Waals surface area contributed by atoms with Gasteiger partial charge in [-0.25, -0.2) is 4.39 Å². The first-order chi connectivity index (χ1) is 12.0. The third-order valence-electron chi connectivity index (χ3n) is 4.65. The maximum atomic E-state index is 13.0. The minimum absolute atomic E-state index is 0. The van der Waals surface area contributed by atoms with E-state index in [9.17, 15) is 9.18 Å². The molecule has 1 aliphatic heterocycles. The van der Waals surface area contributed by atoms with E-state index in [1.54, 1.807) is 24.3 Å². The van der Waals surface area contributed by atoms with Crippen molar-refractivity contribution in [2.24, 2.45) is 0 Å². The first-order valence-corrected chi connectivity index (χ1v) is 8.44. The first-order valence-electron chi connectivity index (χ1n) is 8.44. The zero-order chi connectivity index (χ0) is 17.8. The number of nitrogens with zero attached hydrogens (tertiary/aromatic N) is 2. The SMILES string of the molecule is CC(C(=O)Nc1ccccc1N)N1CCN(c2ccc(F)cc2)CC1.Cl.Cl. The highest BCUT2D eigenvalue weighted by molar-refractivity contribution is 5.97. The largest absolute Gasteiger partial charge is 0.397 e. The Labute approximate surface area is 171 Å². The molecule has 1 amide bonds. The van der Waals surface area contributed by atoms with Crippen molar-refractivity contribution in [3.8, 4) is 0 Å². The summed E-state index contributed by atoms with van der Waals surface area (Å²) in [5.41, 5.74) is 8.09. The van der Waals surface area contributed by atoms with Gasteiger partial charge in [-0.2, -0.15) is 0 Å². The molecule has 1 fully saturated rings. The van der Waals surface area contributed by atoms with Crippen molar-refractivity contribution < 1.29 is 9.18 Å². The summed E-state index contributed by atoms with van der Waals surface area (Å²) in [6.45, 7) is 5.06. The number of hydrogen-bond acceptors (Lipinski definition) is 4. The molecule has 1 aliphatic rings. The van der Waals surface area contributed by atoms with Gasteiger partial charge in [0.25, 0.3) is 0 Å². The molecule has 0 bridgehead atoms. The molecule has 1 saturated heterocycles. The number of amides is 1. The van der Waals surface area contributed by atoms with Crippen LogP contribution in [0, 0.1) is 5.82 Å². The molecule has 27 heavy (non-hydrogen) atoms. The highest BCUT2D eigenvalue weighted by Crippen LogP contribution is 2.20. The van der Waals surface area contributed by atoms with E-state index in [-0.39, 0.29) is 42.6 Å². The lowest BCUT2D eigenvalue weighted by Gasteiger charge is -2.38. The predicted octanol–water partition coefficient (Wildman–Crippen LogP) is 3.40. The van der Waals surface area contributed by atoms with Crippen LogP contribution in [0.4, 0.5) is 21.5 Å². The quantitative estimate of drug-likeness (QED) is 0.752. The molecule has 0 aromatic heterocycles. The van der Waals surface area contributed by atoms with Crippen LogP contribution < -0.4 is 16.0 Å². The van der Waals surface area contributed by atoms with Crippen LogP contribution in [-0.4, -0.2) is 43.0 Å². The number of para-hydroxylation sites is 2. The average molecular weight is 415 g/mol. The van der Waals surface area contributed by atoms with Gasteiger partial charge < -0.3 is 16.0 Å². The molecular weight excluding hydrogens is 390 g/mol. The summed E-state index contributed by atoms with van der Waals surface area (Å²) in [7, 11) is 0. The Morgan fingerprint density at radius 3 is 2.22 bits per heavy atom. The van der Waals surface area contributed by atoms with Gasteiger partial charge >= 0.3 is 0 Å². The lowest BCUT2D eigenvalue weighted by atomic mass is 10.2. The molecule has 3 rings (SSSR count). The zero-order valence-electron chi connectivity index (χ0n) is 15.1. The van der Waals surface area contributed by atoms with Crippen molar-refractivity contribution in [2.75, 3.05) is 42.1 Å². The second-order valence-corrected chi connectivity index (χ2v) is 6.25. The molecule has 3 N–H and O–H groups in total. The molecule has 2 aromatic carbocycles. The van der Waals surface area contributed by atoms with Gasteiger partial charge in [-0.1, -0.05) is 12.1 Å². The molecule has 8 heteroatoms. The smallest absolute Gasteiger partial charge is 0.241 e. The van der Waals surface area contributed by atoms with Crippen LogP contribution in [0.3, 0.4) is 0 Å². The second-order valence-electron chi connectivity index (χ2n) is 6.25. The molecule has 148 valence electrons. The number of nitrogens with one attached hydrogen (secondary N) is 1. The predicted molar refractivity (Wildman–Crippen MR) is 114 cm³/mol. The van der Waals surface area contributed by atoms with E-state index in [0.29, 0.717) is 11.4 Å². The Balaban J connectivity index is 0.00000182. The number of nitrogens with two attached hydrogens (primary N) is 1. The van der Waals surface area contributed by atoms with E-state index in [4.69, 9.17) is 5.73 Å². The van der Waals surface area contributed by atoms with E-state index in [1.807, 2.05) is 19.1 Å². The van der Waals surface area contributed by atoms with E-state index < -0.39 is 0 Å². The van der Waals surface area contributed by atoms with E-state index in [1.165, 1.54) is 12.1 Å². The Morgan fingerprint density at radius 1 is 1.04 bits per heavy atom. The molecule has 1 unspecified atom stereocenters. The van der Waals surface area contributed by atoms with Crippen LogP contribution >= 0.6 is 24.8 Å². The summed E-state index contributed by atoms with van der Waals surface area (Å²) >= 11 is 0. The second kappa shape index (κ2) is 10.3. The fourth-order valence-electron chi connectivity index (χ4n) is 3.03. The number of benzene rings is 2. The maximum absolute atomic E-state index is 13.0. The van der Waals surface area contributed by atoms with Gasteiger partial charge in [0.05, 0.1) is 17.4 Å². The van der Waals surface area contributed by atoms with Crippen molar-refractivity contribution in [1.29, 1.82) is 0 Å². The molecule has 5 nitrogen and oxygen atoms in total. The molecule has 2 aromatic rings. The number of rotatable bonds is 4. The average Bonchev–Trinajstić information content (AvgIpc) is 2.64. The van der Waals surface area contributed by atoms with Crippen molar-refractivity contribution in [3.05, 3.63) is 54.3 Å². The number of carbonyl (C=O) groups excluding carboxylic acids is 1. The number of nitrogen functional groups attached to an aromatic ring is 1. The molecule has 0 spiro atoms. The normalized spacial score (nSPS) is 15.3. The van der Waals surface area contributed by atoms with Crippen LogP contribution in [0.1, 0.15) is 6.92 Å². The van der Waals surface area contributed by atoms with Crippen LogP contribution in [0.2, 0.25) is 0 Å². The van der Waals surface area contributed by atoms with E-state index >= 15 is 0 Å². The summed E-state index contributed by atoms with van der Waals surface area (Å²) in [4.78, 5) is 16.8. The number of piperazine rings is 1. The molecule has 1 atom stereocenters. The van der Waals surface area contributed by atoms with Crippen molar-refractivity contribution in [3.63, 3.8) is 0 Å². The Kier molecular flexibility index (Phi) is 8.82. The fourth-order valence-corrected chi connectivity index (χ4v) is 3.03. The fraction of sp³-hybridized carbons (Fsp3) is 0.316. The lowest BCUT2D eigenvalue weighted by Crippen LogP contribution is -2.52. The number of halogens is 3. The van der Waals surface area contributed by atoms with Gasteiger partial charge in [-0.15, -0.1) is 24.8 Å². The number of carbonyl (C=O) groups is 1. The summed E-state index contributed by atoms with van der Waals surface area (Å²) < 4.78 is 13.0. The third-order valence-corrected chi connectivity index (χ3v) is 4.65. The highest BCUT2D eigenvalue weighted by atomic mass is 35.5. The van der Waals surface area contributed by atoms with Crippen molar-refractivity contribution in [1.82, 2.24) is 4.90 Å². The zero-order valence-corrected chi connectivity index (χ0v) is 16.7. The standard InChI is InChI=1S/C19H23FN4O.2ClH/c1-14(19(25)22-18-5-3-2-4-17(18)21)23-10-12-24(13-11-23)16-8-6-15(20)7-9-16;;/h2-9,14H,10-13,21H2,1H3,(H,22,25);2*1H. The highest BCUT2D eigenvalue weighted by Gasteiger charge is 2.26. The molecule has 0 saturated carbocycles. The number of hydrogen-bond donors (Lipinski definition) is 2. The Hall–Kier alpha value is -2.02. The summed E-state index contributed by atoms with van der Waals surface area (Å²) in [5, 5.41) is 2.90. The maximum Gasteiger partial charge on any atom is 0.241 e. The van der Waals surface area contributed by atoms with Crippen LogP contribution in [0.15, 0.2) is 48.5 Å². The minimum Gasteiger partial charge on any atom is -0.397 e. The molecule has 0 radical (unpaired) electrons. The van der Waals surface area contributed by atoms with Gasteiger partial charge in [-0.3, -0.25) is 9.69 Å². The molecule has 1 heterocycles. The number of anilines is 3. The lowest BCUT2D eigenvalue weighted by molar-refractivity contribution is -0.120. The van der Waals surface area contributed by atoms with E-state index in [0.717, 1.165) is 31.9 Å². The summed E-state index contributed by atoms with van der Waals surface area (Å²) in [6.07, 6.45) is 0. The Morgan fingerprint density at radius 2 is 1.63 bits per heavy atom. The Bertz CT molecular complexity index is 737. The van der Waals surface area contributed by atoms with E-state index in [2.05, 4.69) is 15.1 Å². The van der Waals surface area contributed by atoms with Gasteiger partial charge in [0, 0.05) is 31.9 Å². The van der Waals surface area contributed by atoms with Gasteiger partial charge in [0.2, 0.25) is 5.91 Å². The van der Waals surface area contributed by atoms with Gasteiger partial charge in [-0.05, 0) is 43.3 Å². The van der Waals surface area contributed by atoms with Gasteiger partial charge in [0.15, 0.2) is 0 Å². The summed E-state index contributed by atoms with van der Waals surface area (Å²) in [5.74, 6) is -0.291. The van der Waals surface area contributed by atoms with Crippen LogP contribution in [-0.2, 0) is 4.79 Å².